The first-order chi connectivity index (χ1) is 20.4. The summed E-state index contributed by atoms with van der Waals surface area (Å²) in [6.07, 6.45) is 3.94. The molecule has 0 radical (unpaired) electrons. The summed E-state index contributed by atoms with van der Waals surface area (Å²) in [6.45, 7) is 4.32. The van der Waals surface area contributed by atoms with Crippen LogP contribution in [-0.2, 0) is 16.1 Å². The molecular formula is C33H28ClN3O4S. The quantitative estimate of drug-likeness (QED) is 0.233. The van der Waals surface area contributed by atoms with Crippen LogP contribution in [0.5, 0.6) is 5.75 Å². The van der Waals surface area contributed by atoms with Gasteiger partial charge < -0.3 is 14.0 Å². The maximum absolute atomic E-state index is 14.2. The zero-order valence-electron chi connectivity index (χ0n) is 23.3. The molecule has 6 rings (SSSR count). The molecule has 7 nitrogen and oxygen atoms in total. The summed E-state index contributed by atoms with van der Waals surface area (Å²) in [6, 6.07) is 22.5. The predicted octanol–water partition coefficient (Wildman–Crippen LogP) is 5.46. The number of thiazole rings is 1. The largest absolute Gasteiger partial charge is 0.496 e. The SMILES string of the molecule is CCOC(=O)C1=C(C)N=c2s/c(=C\c3cn(Cc4ccccc4Cl)c4ccccc34)c(=O)n2C1c1ccccc1OC. The second kappa shape index (κ2) is 11.5. The summed E-state index contributed by atoms with van der Waals surface area (Å²) in [5.41, 5.74) is 4.20. The molecule has 0 amide bonds. The van der Waals surface area contributed by atoms with E-state index >= 15 is 0 Å². The van der Waals surface area contributed by atoms with Crippen LogP contribution in [0.15, 0.2) is 100 Å². The topological polar surface area (TPSA) is 74.8 Å². The van der Waals surface area contributed by atoms with Gasteiger partial charge in [0.2, 0.25) is 0 Å². The summed E-state index contributed by atoms with van der Waals surface area (Å²) in [4.78, 5) is 32.6. The average Bonchev–Trinajstić information content (AvgIpc) is 3.49. The fourth-order valence-electron chi connectivity index (χ4n) is 5.45. The summed E-state index contributed by atoms with van der Waals surface area (Å²) >= 11 is 7.77. The molecular weight excluding hydrogens is 570 g/mol. The van der Waals surface area contributed by atoms with E-state index in [0.717, 1.165) is 22.0 Å². The number of aromatic nitrogens is 2. The first kappa shape index (κ1) is 27.8. The molecule has 42 heavy (non-hydrogen) atoms. The maximum atomic E-state index is 14.2. The number of hydrogen-bond donors (Lipinski definition) is 0. The Bertz CT molecular complexity index is 2050. The minimum absolute atomic E-state index is 0.205. The van der Waals surface area contributed by atoms with Crippen LogP contribution in [0.3, 0.4) is 0 Å². The number of carbonyl (C=O) groups is 1. The second-order valence-corrected chi connectivity index (χ2v) is 11.3. The van der Waals surface area contributed by atoms with Crippen LogP contribution in [0.25, 0.3) is 17.0 Å². The molecule has 0 saturated carbocycles. The molecule has 1 aliphatic rings. The van der Waals surface area contributed by atoms with Crippen LogP contribution in [0.2, 0.25) is 5.02 Å². The van der Waals surface area contributed by atoms with Gasteiger partial charge in [0.15, 0.2) is 4.80 Å². The Morgan fingerprint density at radius 2 is 1.81 bits per heavy atom. The monoisotopic (exact) mass is 597 g/mol. The van der Waals surface area contributed by atoms with Gasteiger partial charge >= 0.3 is 5.97 Å². The van der Waals surface area contributed by atoms with Crippen molar-refractivity contribution in [1.29, 1.82) is 0 Å². The van der Waals surface area contributed by atoms with Crippen molar-refractivity contribution in [2.24, 2.45) is 4.99 Å². The number of nitrogens with zero attached hydrogens (tertiary/aromatic N) is 3. The van der Waals surface area contributed by atoms with Crippen molar-refractivity contribution in [3.8, 4) is 5.75 Å². The van der Waals surface area contributed by atoms with Gasteiger partial charge in [-0.15, -0.1) is 0 Å². The number of esters is 1. The third-order valence-electron chi connectivity index (χ3n) is 7.36. The zero-order valence-corrected chi connectivity index (χ0v) is 24.9. The molecule has 0 fully saturated rings. The van der Waals surface area contributed by atoms with Crippen LogP contribution < -0.4 is 19.6 Å². The number of rotatable bonds is 7. The van der Waals surface area contributed by atoms with E-state index in [2.05, 4.69) is 10.6 Å². The first-order valence-electron chi connectivity index (χ1n) is 13.5. The Morgan fingerprint density at radius 1 is 1.07 bits per heavy atom. The summed E-state index contributed by atoms with van der Waals surface area (Å²) < 4.78 is 15.3. The fourth-order valence-corrected chi connectivity index (χ4v) is 6.68. The van der Waals surface area contributed by atoms with E-state index in [9.17, 15) is 9.59 Å². The van der Waals surface area contributed by atoms with E-state index in [1.165, 1.54) is 11.3 Å². The number of ether oxygens (including phenoxy) is 2. The van der Waals surface area contributed by atoms with Gasteiger partial charge in [-0.2, -0.15) is 0 Å². The van der Waals surface area contributed by atoms with Crippen LogP contribution in [0, 0.1) is 0 Å². The van der Waals surface area contributed by atoms with Crippen LogP contribution >= 0.6 is 22.9 Å². The molecule has 212 valence electrons. The van der Waals surface area contributed by atoms with Gasteiger partial charge in [0.1, 0.15) is 11.8 Å². The van der Waals surface area contributed by atoms with Crippen LogP contribution in [0.1, 0.15) is 36.6 Å². The molecule has 3 aromatic carbocycles. The van der Waals surface area contributed by atoms with Gasteiger partial charge in [-0.1, -0.05) is 77.5 Å². The van der Waals surface area contributed by atoms with Crippen molar-refractivity contribution in [2.45, 2.75) is 26.4 Å². The molecule has 1 atom stereocenters. The number of benzene rings is 3. The minimum Gasteiger partial charge on any atom is -0.496 e. The molecule has 5 aromatic rings. The van der Waals surface area contributed by atoms with E-state index in [1.807, 2.05) is 79.0 Å². The maximum Gasteiger partial charge on any atom is 0.338 e. The lowest BCUT2D eigenvalue weighted by atomic mass is 9.95. The molecule has 0 spiro atoms. The first-order valence-corrected chi connectivity index (χ1v) is 14.7. The molecule has 0 aliphatic carbocycles. The van der Waals surface area contributed by atoms with Gasteiger partial charge in [-0.05, 0) is 43.7 Å². The Balaban J connectivity index is 1.54. The van der Waals surface area contributed by atoms with Crippen molar-refractivity contribution in [3.05, 3.63) is 132 Å². The van der Waals surface area contributed by atoms with Crippen molar-refractivity contribution >= 4 is 45.9 Å². The predicted molar refractivity (Wildman–Crippen MR) is 166 cm³/mol. The molecule has 1 unspecified atom stereocenters. The highest BCUT2D eigenvalue weighted by Crippen LogP contribution is 2.35. The van der Waals surface area contributed by atoms with E-state index < -0.39 is 12.0 Å². The highest BCUT2D eigenvalue weighted by Gasteiger charge is 2.35. The zero-order chi connectivity index (χ0) is 29.4. The average molecular weight is 598 g/mol. The van der Waals surface area contributed by atoms with E-state index in [4.69, 9.17) is 26.1 Å². The molecule has 0 saturated heterocycles. The molecule has 0 bridgehead atoms. The van der Waals surface area contributed by atoms with Crippen molar-refractivity contribution in [2.75, 3.05) is 13.7 Å². The number of halogens is 1. The Labute approximate surface area is 251 Å². The standard InChI is InChI=1S/C33H28ClN3O4S/c1-4-41-32(39)29-20(2)35-33-37(30(29)24-13-7-10-16-27(24)40-3)31(38)28(42-33)17-22-19-36(26-15-9-6-12-23(22)26)18-21-11-5-8-14-25(21)34/h5-17,19,30H,4,18H2,1-3H3/b28-17-. The summed E-state index contributed by atoms with van der Waals surface area (Å²) in [7, 11) is 1.57. The Morgan fingerprint density at radius 3 is 2.60 bits per heavy atom. The van der Waals surface area contributed by atoms with Crippen LogP contribution in [-0.4, -0.2) is 28.8 Å². The third-order valence-corrected chi connectivity index (χ3v) is 8.71. The number of methoxy groups -OCH3 is 1. The number of hydrogen-bond acceptors (Lipinski definition) is 6. The molecule has 1 aliphatic heterocycles. The molecule has 9 heteroatoms. The molecule has 3 heterocycles. The normalized spacial score (nSPS) is 15.0. The van der Waals surface area contributed by atoms with Crippen LogP contribution in [0.4, 0.5) is 0 Å². The van der Waals surface area contributed by atoms with Crippen molar-refractivity contribution in [3.63, 3.8) is 0 Å². The summed E-state index contributed by atoms with van der Waals surface area (Å²) in [5, 5.41) is 1.72. The fraction of sp³-hybridized carbons (Fsp3) is 0.182. The van der Waals surface area contributed by atoms with E-state index in [0.29, 0.717) is 43.5 Å². The van der Waals surface area contributed by atoms with E-state index in [1.54, 1.807) is 25.5 Å². The lowest BCUT2D eigenvalue weighted by Gasteiger charge is -2.25. The van der Waals surface area contributed by atoms with Crippen molar-refractivity contribution < 1.29 is 14.3 Å². The molecule has 0 N–H and O–H groups in total. The Hall–Kier alpha value is -4.40. The van der Waals surface area contributed by atoms with Gasteiger partial charge in [0, 0.05) is 39.8 Å². The van der Waals surface area contributed by atoms with Gasteiger partial charge in [0.25, 0.3) is 5.56 Å². The number of allylic oxidation sites excluding steroid dienone is 1. The third kappa shape index (κ3) is 4.86. The van der Waals surface area contributed by atoms with Crippen molar-refractivity contribution in [1.82, 2.24) is 9.13 Å². The molecule has 2 aromatic heterocycles. The number of para-hydroxylation sites is 2. The lowest BCUT2D eigenvalue weighted by molar-refractivity contribution is -0.139. The summed E-state index contributed by atoms with van der Waals surface area (Å²) in [5.74, 6) is 0.0581. The smallest absolute Gasteiger partial charge is 0.338 e. The van der Waals surface area contributed by atoms with Gasteiger partial charge in [-0.3, -0.25) is 9.36 Å². The highest BCUT2D eigenvalue weighted by atomic mass is 35.5. The lowest BCUT2D eigenvalue weighted by Crippen LogP contribution is -2.40. The highest BCUT2D eigenvalue weighted by molar-refractivity contribution is 7.07. The second-order valence-electron chi connectivity index (χ2n) is 9.87. The van der Waals surface area contributed by atoms with Gasteiger partial charge in [-0.25, -0.2) is 9.79 Å². The number of carbonyl (C=O) groups excluding carboxylic acids is 1. The minimum atomic E-state index is -0.750. The van der Waals surface area contributed by atoms with E-state index in [-0.39, 0.29) is 12.2 Å². The van der Waals surface area contributed by atoms with Gasteiger partial charge in [0.05, 0.1) is 29.5 Å². The number of fused-ring (bicyclic) bond motifs is 2. The Kier molecular flexibility index (Phi) is 7.58.